The van der Waals surface area contributed by atoms with Gasteiger partial charge in [-0.05, 0) is 104 Å². The van der Waals surface area contributed by atoms with E-state index in [0.29, 0.717) is 47.2 Å². The van der Waals surface area contributed by atoms with Crippen molar-refractivity contribution in [1.82, 2.24) is 19.9 Å². The lowest BCUT2D eigenvalue weighted by Gasteiger charge is -2.27. The molecule has 0 saturated heterocycles. The van der Waals surface area contributed by atoms with Crippen LogP contribution in [-0.4, -0.2) is 32.2 Å². The van der Waals surface area contributed by atoms with Crippen LogP contribution < -0.4 is 10.9 Å². The molecule has 2 atom stereocenters. The molecule has 0 aliphatic rings. The van der Waals surface area contributed by atoms with Crippen molar-refractivity contribution in [2.24, 2.45) is 5.92 Å². The SMILES string of the molecule is Cc1cccc(C)c1-c1cc([C@H](CC(=O)O)NC[C@H](CC(C)C)n2cc(CCc3cc(F)cc4nc5ccccc5cc34)nc(C)c2=O)c(F)c(C(F)(F)F)c1. The minimum atomic E-state index is -5.06. The Morgan fingerprint density at radius 2 is 1.61 bits per heavy atom. The van der Waals surface area contributed by atoms with E-state index in [1.165, 1.54) is 22.8 Å². The Kier molecular flexibility index (Phi) is 11.7. The maximum atomic E-state index is 16.0. The number of halogens is 5. The van der Waals surface area contributed by atoms with Crippen LogP contribution in [0.3, 0.4) is 0 Å². The van der Waals surface area contributed by atoms with E-state index in [-0.39, 0.29) is 23.7 Å². The molecule has 0 amide bonds. The molecular formula is C44H43F5N4O3. The van der Waals surface area contributed by atoms with E-state index >= 15 is 4.39 Å². The van der Waals surface area contributed by atoms with Crippen molar-refractivity contribution >= 4 is 27.8 Å². The number of para-hydroxylation sites is 1. The molecule has 0 aliphatic heterocycles. The minimum Gasteiger partial charge on any atom is -0.481 e. The summed E-state index contributed by atoms with van der Waals surface area (Å²) in [5, 5.41) is 14.6. The summed E-state index contributed by atoms with van der Waals surface area (Å²) in [5.41, 5.74) is 2.36. The number of nitrogens with one attached hydrogen (secondary N) is 1. The zero-order valence-corrected chi connectivity index (χ0v) is 31.8. The van der Waals surface area contributed by atoms with Crippen molar-refractivity contribution in [3.63, 3.8) is 0 Å². The fourth-order valence-electron chi connectivity index (χ4n) is 7.58. The molecule has 292 valence electrons. The fourth-order valence-corrected chi connectivity index (χ4v) is 7.58. The van der Waals surface area contributed by atoms with Crippen LogP contribution in [-0.2, 0) is 23.8 Å². The van der Waals surface area contributed by atoms with Crippen LogP contribution in [0.25, 0.3) is 32.9 Å². The molecule has 0 bridgehead atoms. The summed E-state index contributed by atoms with van der Waals surface area (Å²) < 4.78 is 75.3. The molecular weight excluding hydrogens is 727 g/mol. The summed E-state index contributed by atoms with van der Waals surface area (Å²) in [7, 11) is 0. The first-order chi connectivity index (χ1) is 26.5. The van der Waals surface area contributed by atoms with Gasteiger partial charge in [-0.1, -0.05) is 50.2 Å². The van der Waals surface area contributed by atoms with Gasteiger partial charge in [-0.2, -0.15) is 13.2 Å². The molecule has 6 aromatic rings. The van der Waals surface area contributed by atoms with Crippen molar-refractivity contribution in [2.75, 3.05) is 6.54 Å². The number of hydrogen-bond donors (Lipinski definition) is 2. The Labute approximate surface area is 321 Å². The van der Waals surface area contributed by atoms with E-state index in [2.05, 4.69) is 15.3 Å². The molecule has 0 saturated carbocycles. The second kappa shape index (κ2) is 16.3. The number of nitrogens with zero attached hydrogens (tertiary/aromatic N) is 3. The van der Waals surface area contributed by atoms with E-state index in [1.807, 2.05) is 44.2 Å². The van der Waals surface area contributed by atoms with E-state index < -0.39 is 59.0 Å². The first kappa shape index (κ1) is 40.2. The highest BCUT2D eigenvalue weighted by molar-refractivity contribution is 5.94. The molecule has 2 heterocycles. The molecule has 56 heavy (non-hydrogen) atoms. The predicted molar refractivity (Wildman–Crippen MR) is 208 cm³/mol. The first-order valence-corrected chi connectivity index (χ1v) is 18.5. The highest BCUT2D eigenvalue weighted by atomic mass is 19.4. The van der Waals surface area contributed by atoms with Gasteiger partial charge in [0.15, 0.2) is 0 Å². The summed E-state index contributed by atoms with van der Waals surface area (Å²) in [6.45, 7) is 8.88. The molecule has 0 radical (unpaired) electrons. The Bertz CT molecular complexity index is 2470. The summed E-state index contributed by atoms with van der Waals surface area (Å²) in [4.78, 5) is 35.0. The standard InChI is InChI=1S/C44H43F5N4O3/c1-24(2)15-33(22-50-38(21-40(54)55)35-18-30(19-36(42(35)46)44(47,48)49)41-25(3)9-8-10-26(41)4)53-23-32(51-27(5)43(53)56)14-13-28-16-31(45)20-39-34(28)17-29-11-6-7-12-37(29)52-39/h6-12,16-20,23-24,33,38,50H,13-15,21-22H2,1-5H3,(H,54,55)/t33-,38-/m0/s1. The highest BCUT2D eigenvalue weighted by Crippen LogP contribution is 2.40. The third-order valence-corrected chi connectivity index (χ3v) is 10.1. The Morgan fingerprint density at radius 3 is 2.29 bits per heavy atom. The van der Waals surface area contributed by atoms with Gasteiger partial charge in [-0.15, -0.1) is 0 Å². The molecule has 7 nitrogen and oxygen atoms in total. The van der Waals surface area contributed by atoms with Crippen molar-refractivity contribution in [3.8, 4) is 11.1 Å². The fraction of sp³-hybridized carbons (Fsp3) is 0.318. The number of carbonyl (C=O) groups is 1. The van der Waals surface area contributed by atoms with Gasteiger partial charge in [0.1, 0.15) is 17.3 Å². The van der Waals surface area contributed by atoms with Gasteiger partial charge in [-0.25, -0.2) is 13.8 Å². The van der Waals surface area contributed by atoms with Crippen LogP contribution in [0.2, 0.25) is 0 Å². The predicted octanol–water partition coefficient (Wildman–Crippen LogP) is 10.0. The Hall–Kier alpha value is -5.49. The number of carboxylic acids is 1. The third-order valence-electron chi connectivity index (χ3n) is 10.1. The molecule has 0 aliphatic carbocycles. The van der Waals surface area contributed by atoms with E-state index in [4.69, 9.17) is 0 Å². The van der Waals surface area contributed by atoms with Crippen molar-refractivity contribution in [3.05, 3.63) is 140 Å². The molecule has 0 spiro atoms. The van der Waals surface area contributed by atoms with Crippen molar-refractivity contribution < 1.29 is 31.9 Å². The summed E-state index contributed by atoms with van der Waals surface area (Å²) in [6.07, 6.45) is -3.02. The van der Waals surface area contributed by atoms with Crippen molar-refractivity contribution in [1.29, 1.82) is 0 Å². The van der Waals surface area contributed by atoms with E-state index in [1.54, 1.807) is 45.2 Å². The molecule has 4 aromatic carbocycles. The zero-order chi connectivity index (χ0) is 40.5. The number of pyridine rings is 1. The Morgan fingerprint density at radius 1 is 0.893 bits per heavy atom. The van der Waals surface area contributed by atoms with Gasteiger partial charge < -0.3 is 15.0 Å². The van der Waals surface area contributed by atoms with Crippen LogP contribution in [0.4, 0.5) is 22.0 Å². The van der Waals surface area contributed by atoms with Gasteiger partial charge in [0, 0.05) is 47.2 Å². The quantitative estimate of drug-likeness (QED) is 0.0897. The molecule has 0 unspecified atom stereocenters. The number of carboxylic acid groups (broad SMARTS) is 1. The van der Waals surface area contributed by atoms with Crippen LogP contribution in [0.1, 0.15) is 78.0 Å². The van der Waals surface area contributed by atoms with Gasteiger partial charge >= 0.3 is 12.1 Å². The topological polar surface area (TPSA) is 97.1 Å². The highest BCUT2D eigenvalue weighted by Gasteiger charge is 2.37. The molecule has 12 heteroatoms. The van der Waals surface area contributed by atoms with Crippen LogP contribution in [0.5, 0.6) is 0 Å². The molecule has 2 N–H and O–H groups in total. The normalized spacial score (nSPS) is 13.1. The number of alkyl halides is 3. The summed E-state index contributed by atoms with van der Waals surface area (Å²) >= 11 is 0. The number of benzene rings is 4. The number of aromatic nitrogens is 3. The molecule has 6 rings (SSSR count). The number of aryl methyl sites for hydroxylation is 5. The number of aliphatic carboxylic acids is 1. The van der Waals surface area contributed by atoms with Crippen LogP contribution >= 0.6 is 0 Å². The summed E-state index contributed by atoms with van der Waals surface area (Å²) in [6, 6.07) is 17.7. The Balaban J connectivity index is 1.35. The zero-order valence-electron chi connectivity index (χ0n) is 31.8. The maximum Gasteiger partial charge on any atom is 0.419 e. The van der Waals surface area contributed by atoms with Gasteiger partial charge in [0.2, 0.25) is 0 Å². The lowest BCUT2D eigenvalue weighted by atomic mass is 9.90. The second-order valence-electron chi connectivity index (χ2n) is 14.9. The smallest absolute Gasteiger partial charge is 0.419 e. The third kappa shape index (κ3) is 8.81. The minimum absolute atomic E-state index is 0.0328. The second-order valence-corrected chi connectivity index (χ2v) is 14.9. The summed E-state index contributed by atoms with van der Waals surface area (Å²) in [5.74, 6) is -3.30. The van der Waals surface area contributed by atoms with Gasteiger partial charge in [0.25, 0.3) is 5.56 Å². The first-order valence-electron chi connectivity index (χ1n) is 18.5. The van der Waals surface area contributed by atoms with E-state index in [9.17, 15) is 32.3 Å². The van der Waals surface area contributed by atoms with Gasteiger partial charge in [0.05, 0.1) is 28.7 Å². The van der Waals surface area contributed by atoms with Crippen molar-refractivity contribution in [2.45, 2.75) is 78.6 Å². The number of rotatable bonds is 13. The average Bonchev–Trinajstić information content (AvgIpc) is 3.12. The molecule has 2 aromatic heterocycles. The molecule has 0 fully saturated rings. The number of fused-ring (bicyclic) bond motifs is 2. The monoisotopic (exact) mass is 770 g/mol. The largest absolute Gasteiger partial charge is 0.481 e. The number of hydrogen-bond acceptors (Lipinski definition) is 5. The lowest BCUT2D eigenvalue weighted by molar-refractivity contribution is -0.140. The van der Waals surface area contributed by atoms with Gasteiger partial charge in [-0.3, -0.25) is 14.6 Å². The van der Waals surface area contributed by atoms with Crippen LogP contribution in [0, 0.1) is 38.3 Å². The maximum absolute atomic E-state index is 16.0. The lowest BCUT2D eigenvalue weighted by Crippen LogP contribution is -2.37. The van der Waals surface area contributed by atoms with Crippen LogP contribution in [0.15, 0.2) is 83.8 Å². The average molecular weight is 771 g/mol. The van der Waals surface area contributed by atoms with E-state index in [0.717, 1.165) is 27.9 Å².